The lowest BCUT2D eigenvalue weighted by atomic mass is 9.77. The molecule has 0 unspecified atom stereocenters. The van der Waals surface area contributed by atoms with Crippen LogP contribution in [0.1, 0.15) is 119 Å². The predicted molar refractivity (Wildman–Crippen MR) is 125 cm³/mol. The molecule has 0 aliphatic heterocycles. The van der Waals surface area contributed by atoms with Crippen LogP contribution in [0, 0.1) is 5.41 Å². The van der Waals surface area contributed by atoms with E-state index in [2.05, 4.69) is 0 Å². The van der Waals surface area contributed by atoms with Gasteiger partial charge >= 0.3 is 0 Å². The van der Waals surface area contributed by atoms with Gasteiger partial charge in [0.05, 0.1) is 23.3 Å². The Morgan fingerprint density at radius 2 is 1.16 bits per heavy atom. The van der Waals surface area contributed by atoms with E-state index in [1.54, 1.807) is 4.90 Å². The number of nitrogens with two attached hydrogens (primary N) is 1. The fourth-order valence-electron chi connectivity index (χ4n) is 5.81. The van der Waals surface area contributed by atoms with Crippen molar-refractivity contribution >= 4 is 11.8 Å². The molecule has 4 N–H and O–H groups in total. The second-order valence-corrected chi connectivity index (χ2v) is 9.92. The first-order valence-corrected chi connectivity index (χ1v) is 12.6. The molecule has 182 valence electrons. The Labute approximate surface area is 190 Å². The van der Waals surface area contributed by atoms with Crippen LogP contribution in [0.3, 0.4) is 0 Å². The van der Waals surface area contributed by atoms with Crippen LogP contribution in [0.25, 0.3) is 0 Å². The molecule has 0 aromatic carbocycles. The quantitative estimate of drug-likeness (QED) is 0.350. The lowest BCUT2D eigenvalue weighted by Crippen LogP contribution is -2.65. The molecule has 2 atom stereocenters. The van der Waals surface area contributed by atoms with Crippen molar-refractivity contribution in [2.45, 2.75) is 142 Å². The third-order valence-electron chi connectivity index (χ3n) is 7.69. The molecule has 0 spiro atoms. The van der Waals surface area contributed by atoms with E-state index in [1.165, 1.54) is 0 Å². The van der Waals surface area contributed by atoms with Gasteiger partial charge in [0.2, 0.25) is 11.8 Å². The molecule has 1 fully saturated rings. The normalized spacial score (nSPS) is 18.6. The molecule has 6 heteroatoms. The lowest BCUT2D eigenvalue weighted by molar-refractivity contribution is -0.170. The molecule has 0 radical (unpaired) electrons. The van der Waals surface area contributed by atoms with Crippen LogP contribution in [0.2, 0.25) is 0 Å². The molecule has 0 aromatic heterocycles. The average Bonchev–Trinajstić information content (AvgIpc) is 3.20. The molecule has 0 aromatic rings. The monoisotopic (exact) mass is 440 g/mol. The second kappa shape index (κ2) is 11.6. The van der Waals surface area contributed by atoms with E-state index in [0.717, 1.165) is 38.5 Å². The highest BCUT2D eigenvalue weighted by Gasteiger charge is 2.54. The molecule has 1 rings (SSSR count). The fourth-order valence-corrected chi connectivity index (χ4v) is 5.81. The zero-order valence-electron chi connectivity index (χ0n) is 20.9. The van der Waals surface area contributed by atoms with Crippen LogP contribution in [-0.4, -0.2) is 50.2 Å². The first-order valence-electron chi connectivity index (χ1n) is 12.6. The Bertz CT molecular complexity index is 546. The summed E-state index contributed by atoms with van der Waals surface area (Å²) in [6.07, 6.45) is 7.82. The lowest BCUT2D eigenvalue weighted by Gasteiger charge is -2.50. The predicted octanol–water partition coefficient (Wildman–Crippen LogP) is 4.30. The highest BCUT2D eigenvalue weighted by molar-refractivity contribution is 6.05. The first kappa shape index (κ1) is 27.9. The third-order valence-corrected chi connectivity index (χ3v) is 7.69. The van der Waals surface area contributed by atoms with E-state index in [0.29, 0.717) is 38.5 Å². The Morgan fingerprint density at radius 1 is 0.839 bits per heavy atom. The topological polar surface area (TPSA) is 104 Å². The molecule has 0 heterocycles. The molecule has 1 saturated carbocycles. The van der Waals surface area contributed by atoms with Gasteiger partial charge in [-0.3, -0.25) is 9.59 Å². The number of carbonyl (C=O) groups excluding carboxylic acids is 2. The number of hydrogen-bond donors (Lipinski definition) is 3. The summed E-state index contributed by atoms with van der Waals surface area (Å²) in [4.78, 5) is 28.3. The van der Waals surface area contributed by atoms with Gasteiger partial charge in [0.15, 0.2) is 0 Å². The van der Waals surface area contributed by atoms with E-state index in [4.69, 9.17) is 5.73 Å². The minimum atomic E-state index is -1.23. The SMILES string of the molecule is CCCC(O)(CCC)[C@@H](C)N(C(=O)C1(C(N)=O)CCCC1)[C@H](C)C(O)(CCC)CCC. The molecular weight excluding hydrogens is 392 g/mol. The number of amides is 2. The molecule has 31 heavy (non-hydrogen) atoms. The maximum Gasteiger partial charge on any atom is 0.238 e. The third kappa shape index (κ3) is 5.81. The number of nitrogens with zero attached hydrogens (tertiary/aromatic N) is 1. The van der Waals surface area contributed by atoms with Crippen molar-refractivity contribution < 1.29 is 19.8 Å². The summed E-state index contributed by atoms with van der Waals surface area (Å²) < 4.78 is 0. The summed E-state index contributed by atoms with van der Waals surface area (Å²) in [6.45, 7) is 11.8. The van der Waals surface area contributed by atoms with Crippen LogP contribution >= 0.6 is 0 Å². The zero-order valence-corrected chi connectivity index (χ0v) is 20.9. The molecule has 0 bridgehead atoms. The standard InChI is InChI=1S/C25H48N2O4/c1-7-13-24(30,14-8-2)19(5)27(20(6)25(31,15-9-3)16-10-4)22(29)23(21(26)28)17-11-12-18-23/h19-20,30-31H,7-18H2,1-6H3,(H2,26,28)/t19-,20-/m1/s1. The summed E-state index contributed by atoms with van der Waals surface area (Å²) in [7, 11) is 0. The number of aliphatic hydroxyl groups is 2. The van der Waals surface area contributed by atoms with Gasteiger partial charge < -0.3 is 20.8 Å². The van der Waals surface area contributed by atoms with Gasteiger partial charge in [-0.05, 0) is 52.4 Å². The molecule has 1 aliphatic rings. The molecule has 1 aliphatic carbocycles. The van der Waals surface area contributed by atoms with Gasteiger partial charge in [0, 0.05) is 0 Å². The summed E-state index contributed by atoms with van der Waals surface area (Å²) in [5.74, 6) is -0.891. The van der Waals surface area contributed by atoms with Gasteiger partial charge in [0.25, 0.3) is 0 Å². The minimum Gasteiger partial charge on any atom is -0.388 e. The van der Waals surface area contributed by atoms with Gasteiger partial charge in [-0.25, -0.2) is 0 Å². The fraction of sp³-hybridized carbons (Fsp3) is 0.920. The number of primary amides is 1. The van der Waals surface area contributed by atoms with Crippen molar-refractivity contribution in [3.63, 3.8) is 0 Å². The van der Waals surface area contributed by atoms with Gasteiger partial charge in [-0.2, -0.15) is 0 Å². The Balaban J connectivity index is 3.57. The maximum atomic E-state index is 14.1. The molecular formula is C25H48N2O4. The van der Waals surface area contributed by atoms with Crippen LogP contribution in [-0.2, 0) is 9.59 Å². The molecule has 2 amide bonds. The summed E-state index contributed by atoms with van der Waals surface area (Å²) in [5.41, 5.74) is 2.42. The molecule has 6 nitrogen and oxygen atoms in total. The van der Waals surface area contributed by atoms with E-state index >= 15 is 0 Å². The maximum absolute atomic E-state index is 14.1. The van der Waals surface area contributed by atoms with Crippen LogP contribution < -0.4 is 5.73 Å². The summed E-state index contributed by atoms with van der Waals surface area (Å²) in [6, 6.07) is -1.07. The largest absolute Gasteiger partial charge is 0.388 e. The van der Waals surface area contributed by atoms with Crippen molar-refractivity contribution in [3.05, 3.63) is 0 Å². The van der Waals surface area contributed by atoms with Crippen molar-refractivity contribution in [2.24, 2.45) is 11.1 Å². The average molecular weight is 441 g/mol. The van der Waals surface area contributed by atoms with Crippen LogP contribution in [0.5, 0.6) is 0 Å². The highest BCUT2D eigenvalue weighted by Crippen LogP contribution is 2.43. The van der Waals surface area contributed by atoms with Gasteiger partial charge in [0.1, 0.15) is 5.41 Å². The number of hydrogen-bond acceptors (Lipinski definition) is 4. The number of rotatable bonds is 14. The smallest absolute Gasteiger partial charge is 0.238 e. The van der Waals surface area contributed by atoms with E-state index in [-0.39, 0.29) is 5.91 Å². The Kier molecular flexibility index (Phi) is 10.5. The van der Waals surface area contributed by atoms with Gasteiger partial charge in [-0.1, -0.05) is 66.2 Å². The van der Waals surface area contributed by atoms with Crippen molar-refractivity contribution in [3.8, 4) is 0 Å². The van der Waals surface area contributed by atoms with E-state index in [9.17, 15) is 19.8 Å². The van der Waals surface area contributed by atoms with Crippen molar-refractivity contribution in [1.29, 1.82) is 0 Å². The van der Waals surface area contributed by atoms with Crippen molar-refractivity contribution in [2.75, 3.05) is 0 Å². The summed E-state index contributed by atoms with van der Waals surface area (Å²) in [5, 5.41) is 23.3. The summed E-state index contributed by atoms with van der Waals surface area (Å²) >= 11 is 0. The Morgan fingerprint density at radius 3 is 1.42 bits per heavy atom. The first-order chi connectivity index (χ1) is 14.5. The molecule has 0 saturated heterocycles. The van der Waals surface area contributed by atoms with E-state index in [1.807, 2.05) is 41.5 Å². The number of carbonyl (C=O) groups is 2. The van der Waals surface area contributed by atoms with Crippen molar-refractivity contribution in [1.82, 2.24) is 4.90 Å². The Hall–Kier alpha value is -1.14. The second-order valence-electron chi connectivity index (χ2n) is 9.92. The zero-order chi connectivity index (χ0) is 23.9. The van der Waals surface area contributed by atoms with Gasteiger partial charge in [-0.15, -0.1) is 0 Å². The van der Waals surface area contributed by atoms with E-state index < -0.39 is 34.6 Å². The van der Waals surface area contributed by atoms with Crippen LogP contribution in [0.15, 0.2) is 0 Å². The highest BCUT2D eigenvalue weighted by atomic mass is 16.3. The minimum absolute atomic E-state index is 0.311. The van der Waals surface area contributed by atoms with Crippen LogP contribution in [0.4, 0.5) is 0 Å².